The molecule has 102 valence electrons. The molecule has 7 nitrogen and oxygen atoms in total. The van der Waals surface area contributed by atoms with Crippen LogP contribution >= 0.6 is 11.6 Å². The van der Waals surface area contributed by atoms with E-state index in [0.717, 1.165) is 0 Å². The minimum absolute atomic E-state index is 0.158. The number of rotatable bonds is 5. The van der Waals surface area contributed by atoms with Crippen molar-refractivity contribution in [2.24, 2.45) is 0 Å². The highest BCUT2D eigenvalue weighted by Gasteiger charge is 2.23. The van der Waals surface area contributed by atoms with E-state index in [1.807, 2.05) is 0 Å². The lowest BCUT2D eigenvalue weighted by atomic mass is 10.5. The van der Waals surface area contributed by atoms with E-state index in [9.17, 15) is 13.2 Å². The summed E-state index contributed by atoms with van der Waals surface area (Å²) in [5.41, 5.74) is 0.395. The van der Waals surface area contributed by atoms with Crippen molar-refractivity contribution in [1.82, 2.24) is 14.1 Å². The first-order chi connectivity index (χ1) is 8.92. The molecular formula is C10H10ClN3O4S. The van der Waals surface area contributed by atoms with Crippen molar-refractivity contribution < 1.29 is 18.3 Å². The zero-order valence-corrected chi connectivity index (χ0v) is 11.1. The van der Waals surface area contributed by atoms with Crippen molar-refractivity contribution in [3.63, 3.8) is 0 Å². The van der Waals surface area contributed by atoms with E-state index in [2.05, 4.69) is 9.71 Å². The molecule has 19 heavy (non-hydrogen) atoms. The van der Waals surface area contributed by atoms with Gasteiger partial charge in [-0.25, -0.2) is 18.1 Å². The number of pyridine rings is 1. The Morgan fingerprint density at radius 1 is 1.47 bits per heavy atom. The average molecular weight is 304 g/mol. The SMILES string of the molecule is O=C(O)CCNS(=O)(=O)c1c(Cl)nc2ccccn12. The predicted molar refractivity (Wildman–Crippen MR) is 67.6 cm³/mol. The lowest BCUT2D eigenvalue weighted by molar-refractivity contribution is -0.136. The van der Waals surface area contributed by atoms with E-state index >= 15 is 0 Å². The summed E-state index contributed by atoms with van der Waals surface area (Å²) in [4.78, 5) is 14.3. The summed E-state index contributed by atoms with van der Waals surface area (Å²) in [6.07, 6.45) is 1.20. The van der Waals surface area contributed by atoms with E-state index < -0.39 is 16.0 Å². The largest absolute Gasteiger partial charge is 0.481 e. The van der Waals surface area contributed by atoms with Gasteiger partial charge in [0.2, 0.25) is 0 Å². The van der Waals surface area contributed by atoms with Crippen LogP contribution in [-0.2, 0) is 14.8 Å². The molecule has 2 N–H and O–H groups in total. The zero-order chi connectivity index (χ0) is 14.0. The number of imidazole rings is 1. The van der Waals surface area contributed by atoms with Crippen molar-refractivity contribution in [3.05, 3.63) is 29.5 Å². The number of nitrogens with zero attached hydrogens (tertiary/aromatic N) is 2. The molecule has 0 spiro atoms. The predicted octanol–water partition coefficient (Wildman–Crippen LogP) is 0.741. The molecule has 2 rings (SSSR count). The van der Waals surface area contributed by atoms with Crippen LogP contribution in [0.3, 0.4) is 0 Å². The van der Waals surface area contributed by atoms with Gasteiger partial charge in [-0.05, 0) is 12.1 Å². The van der Waals surface area contributed by atoms with Gasteiger partial charge < -0.3 is 5.11 Å². The van der Waals surface area contributed by atoms with Crippen LogP contribution in [0.25, 0.3) is 5.65 Å². The summed E-state index contributed by atoms with van der Waals surface area (Å²) in [5, 5.41) is 8.13. The summed E-state index contributed by atoms with van der Waals surface area (Å²) in [7, 11) is -3.91. The first-order valence-corrected chi connectivity index (χ1v) is 7.12. The first-order valence-electron chi connectivity index (χ1n) is 5.26. The normalized spacial score (nSPS) is 11.8. The number of aliphatic carboxylic acids is 1. The van der Waals surface area contributed by atoms with Crippen molar-refractivity contribution in [1.29, 1.82) is 0 Å². The van der Waals surface area contributed by atoms with E-state index in [1.165, 1.54) is 10.6 Å². The molecule has 2 aromatic heterocycles. The van der Waals surface area contributed by atoms with E-state index in [1.54, 1.807) is 18.2 Å². The Morgan fingerprint density at radius 2 is 2.21 bits per heavy atom. The van der Waals surface area contributed by atoms with Crippen molar-refractivity contribution >= 4 is 33.2 Å². The Kier molecular flexibility index (Phi) is 3.74. The fourth-order valence-electron chi connectivity index (χ4n) is 1.55. The Balaban J connectivity index is 2.37. The maximum atomic E-state index is 12.1. The molecule has 9 heteroatoms. The maximum absolute atomic E-state index is 12.1. The summed E-state index contributed by atoms with van der Waals surface area (Å²) < 4.78 is 27.6. The third-order valence-electron chi connectivity index (χ3n) is 2.33. The molecule has 0 saturated heterocycles. The molecule has 0 aliphatic rings. The molecule has 2 heterocycles. The minimum atomic E-state index is -3.91. The lowest BCUT2D eigenvalue weighted by Gasteiger charge is -2.05. The van der Waals surface area contributed by atoms with Crippen LogP contribution in [0.4, 0.5) is 0 Å². The van der Waals surface area contributed by atoms with E-state index in [-0.39, 0.29) is 23.1 Å². The molecule has 0 aliphatic heterocycles. The summed E-state index contributed by atoms with van der Waals surface area (Å²) in [6.45, 7) is -0.214. The van der Waals surface area contributed by atoms with Crippen LogP contribution in [0.2, 0.25) is 5.15 Å². The molecule has 0 aliphatic carbocycles. The monoisotopic (exact) mass is 303 g/mol. The van der Waals surface area contributed by atoms with Gasteiger partial charge in [0.1, 0.15) is 5.65 Å². The molecule has 0 fully saturated rings. The number of sulfonamides is 1. The Morgan fingerprint density at radius 3 is 2.89 bits per heavy atom. The van der Waals surface area contributed by atoms with Gasteiger partial charge in [0.15, 0.2) is 10.2 Å². The van der Waals surface area contributed by atoms with Crippen molar-refractivity contribution in [3.8, 4) is 0 Å². The Labute approximate surface area is 113 Å². The number of hydrogen-bond donors (Lipinski definition) is 2. The third kappa shape index (κ3) is 2.86. The second-order valence-corrected chi connectivity index (χ2v) is 5.72. The van der Waals surface area contributed by atoms with Crippen LogP contribution in [0.15, 0.2) is 29.4 Å². The van der Waals surface area contributed by atoms with Gasteiger partial charge >= 0.3 is 5.97 Å². The zero-order valence-electron chi connectivity index (χ0n) is 9.58. The van der Waals surface area contributed by atoms with Gasteiger partial charge in [0.05, 0.1) is 6.42 Å². The highest BCUT2D eigenvalue weighted by Crippen LogP contribution is 2.22. The Bertz CT molecular complexity index is 725. The number of carboxylic acid groups (broad SMARTS) is 1. The fraction of sp³-hybridized carbons (Fsp3) is 0.200. The Hall–Kier alpha value is -1.64. The smallest absolute Gasteiger partial charge is 0.304 e. The van der Waals surface area contributed by atoms with Gasteiger partial charge in [-0.2, -0.15) is 0 Å². The van der Waals surface area contributed by atoms with Crippen molar-refractivity contribution in [2.75, 3.05) is 6.54 Å². The molecule has 0 unspecified atom stereocenters. The second-order valence-electron chi connectivity index (χ2n) is 3.68. The van der Waals surface area contributed by atoms with E-state index in [0.29, 0.717) is 5.65 Å². The number of carboxylic acids is 1. The molecule has 0 aromatic carbocycles. The maximum Gasteiger partial charge on any atom is 0.304 e. The summed E-state index contributed by atoms with van der Waals surface area (Å²) in [5.74, 6) is -1.09. The number of fused-ring (bicyclic) bond motifs is 1. The number of aromatic nitrogens is 2. The molecule has 0 bridgehead atoms. The standard InChI is InChI=1S/C10H10ClN3O4S/c11-9-10(14-6-2-1-3-7(14)13-9)19(17,18)12-5-4-8(15)16/h1-3,6,12H,4-5H2,(H,15,16). The van der Waals surface area contributed by atoms with Crippen LogP contribution in [0.5, 0.6) is 0 Å². The van der Waals surface area contributed by atoms with Gasteiger partial charge in [-0.15, -0.1) is 0 Å². The molecule has 0 radical (unpaired) electrons. The van der Waals surface area contributed by atoms with Crippen LogP contribution in [0.1, 0.15) is 6.42 Å². The summed E-state index contributed by atoms with van der Waals surface area (Å²) >= 11 is 5.83. The molecule has 0 amide bonds. The van der Waals surface area contributed by atoms with Gasteiger partial charge in [0, 0.05) is 12.7 Å². The van der Waals surface area contributed by atoms with Crippen LogP contribution < -0.4 is 4.72 Å². The topological polar surface area (TPSA) is 101 Å². The first kappa shape index (κ1) is 13.8. The highest BCUT2D eigenvalue weighted by molar-refractivity contribution is 7.89. The molecular weight excluding hydrogens is 294 g/mol. The van der Waals surface area contributed by atoms with Gasteiger partial charge in [-0.1, -0.05) is 17.7 Å². The lowest BCUT2D eigenvalue weighted by Crippen LogP contribution is -2.27. The van der Waals surface area contributed by atoms with E-state index in [4.69, 9.17) is 16.7 Å². The quantitative estimate of drug-likeness (QED) is 0.848. The second kappa shape index (κ2) is 5.16. The van der Waals surface area contributed by atoms with Crippen LogP contribution in [-0.4, -0.2) is 35.4 Å². The summed E-state index contributed by atoms with van der Waals surface area (Å²) in [6, 6.07) is 4.95. The average Bonchev–Trinajstić information content (AvgIpc) is 2.64. The third-order valence-corrected chi connectivity index (χ3v) is 4.19. The van der Waals surface area contributed by atoms with Crippen LogP contribution in [0, 0.1) is 0 Å². The van der Waals surface area contributed by atoms with Gasteiger partial charge in [0.25, 0.3) is 10.0 Å². The number of nitrogens with one attached hydrogen (secondary N) is 1. The molecule has 0 atom stereocenters. The number of halogens is 1. The fourth-order valence-corrected chi connectivity index (χ4v) is 3.22. The molecule has 0 saturated carbocycles. The highest BCUT2D eigenvalue weighted by atomic mass is 35.5. The molecule has 2 aromatic rings. The van der Waals surface area contributed by atoms with Crippen molar-refractivity contribution in [2.45, 2.75) is 11.4 Å². The number of hydrogen-bond acceptors (Lipinski definition) is 4. The minimum Gasteiger partial charge on any atom is -0.481 e. The van der Waals surface area contributed by atoms with Gasteiger partial charge in [-0.3, -0.25) is 9.20 Å². The number of carbonyl (C=O) groups is 1.